The Bertz CT molecular complexity index is 1260. The quantitative estimate of drug-likeness (QED) is 0.403. The van der Waals surface area contributed by atoms with Crippen LogP contribution in [0.1, 0.15) is 11.1 Å². The molecule has 148 valence electrons. The van der Waals surface area contributed by atoms with Gasteiger partial charge in [-0.3, -0.25) is 0 Å². The fraction of sp³-hybridized carbons (Fsp3) is 0. The Morgan fingerprint density at radius 3 is 1.42 bits per heavy atom. The number of nitriles is 2. The average Bonchev–Trinajstić information content (AvgIpc) is 2.81. The summed E-state index contributed by atoms with van der Waals surface area (Å²) in [6.45, 7) is 0. The zero-order valence-corrected chi connectivity index (χ0v) is 17.1. The van der Waals surface area contributed by atoms with Crippen LogP contribution in [0.2, 0.25) is 0 Å². The number of phenolic OH excluding ortho intramolecular Hbond substituents is 2. The normalized spacial score (nSPS) is 10.3. The van der Waals surface area contributed by atoms with E-state index in [1.165, 1.54) is 12.1 Å². The minimum absolute atomic E-state index is 0.0395. The van der Waals surface area contributed by atoms with Gasteiger partial charge < -0.3 is 10.2 Å². The van der Waals surface area contributed by atoms with Gasteiger partial charge >= 0.3 is 0 Å². The van der Waals surface area contributed by atoms with Gasteiger partial charge in [-0.25, -0.2) is 0 Å². The van der Waals surface area contributed by atoms with Gasteiger partial charge in [-0.15, -0.1) is 0 Å². The summed E-state index contributed by atoms with van der Waals surface area (Å²) in [7, 11) is 0. The largest absolute Gasteiger partial charge is 0.507 e. The number of aromatic hydroxyl groups is 2. The van der Waals surface area contributed by atoms with E-state index in [-0.39, 0.29) is 22.6 Å². The van der Waals surface area contributed by atoms with E-state index >= 15 is 0 Å². The van der Waals surface area contributed by atoms with Crippen molar-refractivity contribution in [2.75, 3.05) is 0 Å². The molecule has 0 aromatic heterocycles. The molecule has 31 heavy (non-hydrogen) atoms. The van der Waals surface area contributed by atoms with E-state index in [9.17, 15) is 20.7 Å². The van der Waals surface area contributed by atoms with E-state index in [1.807, 2.05) is 60.7 Å². The molecule has 4 aromatic rings. The number of phenols is 2. The topological polar surface area (TPSA) is 88.0 Å². The second-order valence-corrected chi connectivity index (χ2v) is 7.87. The number of hydrogen-bond acceptors (Lipinski definition) is 5. The minimum atomic E-state index is -0.0395. The molecule has 4 rings (SSSR count). The molecule has 0 saturated carbocycles. The Labute approximate surface area is 184 Å². The van der Waals surface area contributed by atoms with Gasteiger partial charge in [0.25, 0.3) is 0 Å². The van der Waals surface area contributed by atoms with Gasteiger partial charge in [0, 0.05) is 9.79 Å². The number of benzene rings is 4. The van der Waals surface area contributed by atoms with Crippen molar-refractivity contribution < 1.29 is 10.2 Å². The Hall–Kier alpha value is -4.19. The SMILES string of the molecule is N#Cc1cc(-c2ccccc2Sc2ccccc2-c2ccc(O)c(C#N)c2)ccc1O. The van der Waals surface area contributed by atoms with Crippen molar-refractivity contribution in [3.63, 3.8) is 0 Å². The van der Waals surface area contributed by atoms with Crippen LogP contribution in [-0.4, -0.2) is 10.2 Å². The van der Waals surface area contributed by atoms with E-state index in [2.05, 4.69) is 0 Å². The molecular weight excluding hydrogens is 404 g/mol. The third-order valence-electron chi connectivity index (χ3n) is 4.85. The predicted octanol–water partition coefficient (Wildman–Crippen LogP) is 6.33. The second-order valence-electron chi connectivity index (χ2n) is 6.78. The molecule has 0 aliphatic heterocycles. The molecule has 0 heterocycles. The van der Waals surface area contributed by atoms with E-state index in [0.29, 0.717) is 0 Å². The minimum Gasteiger partial charge on any atom is -0.507 e. The van der Waals surface area contributed by atoms with Crippen molar-refractivity contribution >= 4 is 11.8 Å². The third-order valence-corrected chi connectivity index (χ3v) is 6.00. The third kappa shape index (κ3) is 4.09. The lowest BCUT2D eigenvalue weighted by molar-refractivity contribution is 0.473. The van der Waals surface area contributed by atoms with E-state index in [4.69, 9.17) is 0 Å². The number of rotatable bonds is 4. The smallest absolute Gasteiger partial charge is 0.133 e. The summed E-state index contributed by atoms with van der Waals surface area (Å²) in [6, 6.07) is 29.8. The summed E-state index contributed by atoms with van der Waals surface area (Å²) >= 11 is 1.58. The number of hydrogen-bond donors (Lipinski definition) is 2. The van der Waals surface area contributed by atoms with E-state index in [1.54, 1.807) is 36.0 Å². The highest BCUT2D eigenvalue weighted by Crippen LogP contribution is 2.41. The Morgan fingerprint density at radius 2 is 1.00 bits per heavy atom. The highest BCUT2D eigenvalue weighted by molar-refractivity contribution is 7.99. The average molecular weight is 420 g/mol. The van der Waals surface area contributed by atoms with Gasteiger partial charge in [0.1, 0.15) is 23.6 Å². The Kier molecular flexibility index (Phi) is 5.62. The van der Waals surface area contributed by atoms with Crippen LogP contribution in [0.5, 0.6) is 11.5 Å². The van der Waals surface area contributed by atoms with Crippen LogP contribution in [-0.2, 0) is 0 Å². The summed E-state index contributed by atoms with van der Waals surface area (Å²) in [5, 5.41) is 38.2. The summed E-state index contributed by atoms with van der Waals surface area (Å²) in [6.07, 6.45) is 0. The van der Waals surface area contributed by atoms with Crippen LogP contribution in [0.3, 0.4) is 0 Å². The molecule has 0 aliphatic carbocycles. The van der Waals surface area contributed by atoms with E-state index in [0.717, 1.165) is 32.0 Å². The standard InChI is InChI=1S/C26H16N2O2S/c27-15-19-13-17(9-11-23(19)29)21-5-1-3-7-25(21)31-26-8-4-2-6-22(26)18-10-12-24(30)20(14-18)16-28/h1-14,29-30H. The van der Waals surface area contributed by atoms with Gasteiger partial charge in [-0.1, -0.05) is 60.3 Å². The van der Waals surface area contributed by atoms with Gasteiger partial charge in [0.05, 0.1) is 11.1 Å². The van der Waals surface area contributed by atoms with Crippen LogP contribution in [0.15, 0.2) is 94.7 Å². The molecule has 0 aliphatic rings. The molecule has 0 radical (unpaired) electrons. The monoisotopic (exact) mass is 420 g/mol. The first kappa shape index (κ1) is 20.1. The van der Waals surface area contributed by atoms with Crippen molar-refractivity contribution in [1.82, 2.24) is 0 Å². The maximum atomic E-state index is 9.84. The lowest BCUT2D eigenvalue weighted by Gasteiger charge is -2.13. The second kappa shape index (κ2) is 8.67. The van der Waals surface area contributed by atoms with Gasteiger partial charge in [-0.05, 0) is 58.7 Å². The fourth-order valence-corrected chi connectivity index (χ4v) is 4.41. The van der Waals surface area contributed by atoms with Crippen LogP contribution in [0, 0.1) is 22.7 Å². The molecule has 0 atom stereocenters. The maximum Gasteiger partial charge on any atom is 0.133 e. The van der Waals surface area contributed by atoms with Crippen LogP contribution in [0.25, 0.3) is 22.3 Å². The van der Waals surface area contributed by atoms with Crippen LogP contribution < -0.4 is 0 Å². The molecule has 0 spiro atoms. The lowest BCUT2D eigenvalue weighted by Crippen LogP contribution is -1.87. The van der Waals surface area contributed by atoms with Crippen molar-refractivity contribution in [2.45, 2.75) is 9.79 Å². The predicted molar refractivity (Wildman–Crippen MR) is 121 cm³/mol. The lowest BCUT2D eigenvalue weighted by atomic mass is 10.0. The fourth-order valence-electron chi connectivity index (χ4n) is 3.29. The molecular formula is C26H16N2O2S. The Balaban J connectivity index is 1.78. The summed E-state index contributed by atoms with van der Waals surface area (Å²) in [5.74, 6) is -0.0790. The molecule has 5 heteroatoms. The highest BCUT2D eigenvalue weighted by Gasteiger charge is 2.13. The molecule has 4 nitrogen and oxygen atoms in total. The van der Waals surface area contributed by atoms with Gasteiger partial charge in [0.2, 0.25) is 0 Å². The van der Waals surface area contributed by atoms with E-state index < -0.39 is 0 Å². The molecule has 4 aromatic carbocycles. The van der Waals surface area contributed by atoms with Crippen molar-refractivity contribution in [3.8, 4) is 45.9 Å². The molecule has 0 saturated heterocycles. The first-order chi connectivity index (χ1) is 15.1. The van der Waals surface area contributed by atoms with Crippen molar-refractivity contribution in [1.29, 1.82) is 10.5 Å². The summed E-state index contributed by atoms with van der Waals surface area (Å²) in [5.41, 5.74) is 4.03. The Morgan fingerprint density at radius 1 is 0.581 bits per heavy atom. The molecule has 0 amide bonds. The van der Waals surface area contributed by atoms with Crippen LogP contribution >= 0.6 is 11.8 Å². The van der Waals surface area contributed by atoms with Crippen molar-refractivity contribution in [3.05, 3.63) is 96.1 Å². The molecule has 0 bridgehead atoms. The maximum absolute atomic E-state index is 9.84. The first-order valence-electron chi connectivity index (χ1n) is 9.43. The van der Waals surface area contributed by atoms with Gasteiger partial charge in [-0.2, -0.15) is 10.5 Å². The molecule has 0 fully saturated rings. The first-order valence-corrected chi connectivity index (χ1v) is 10.2. The summed E-state index contributed by atoms with van der Waals surface area (Å²) < 4.78 is 0. The molecule has 2 N–H and O–H groups in total. The molecule has 0 unspecified atom stereocenters. The highest BCUT2D eigenvalue weighted by atomic mass is 32.2. The zero-order valence-electron chi connectivity index (χ0n) is 16.3. The van der Waals surface area contributed by atoms with Gasteiger partial charge in [0.15, 0.2) is 0 Å². The number of nitrogens with zero attached hydrogens (tertiary/aromatic N) is 2. The van der Waals surface area contributed by atoms with Crippen LogP contribution in [0.4, 0.5) is 0 Å². The zero-order chi connectivity index (χ0) is 21.8. The van der Waals surface area contributed by atoms with Crippen molar-refractivity contribution in [2.24, 2.45) is 0 Å². The summed E-state index contributed by atoms with van der Waals surface area (Å²) in [4.78, 5) is 1.98.